The van der Waals surface area contributed by atoms with Crippen LogP contribution in [0.2, 0.25) is 0 Å². The average molecular weight is 213 g/mol. The second-order valence-corrected chi connectivity index (χ2v) is 4.11. The third-order valence-electron chi connectivity index (χ3n) is 2.12. The van der Waals surface area contributed by atoms with Crippen LogP contribution in [0, 0.1) is 6.92 Å². The number of rotatable bonds is 4. The number of hydrogen-bond acceptors (Lipinski definition) is 4. The molecule has 15 heavy (non-hydrogen) atoms. The van der Waals surface area contributed by atoms with Gasteiger partial charge in [-0.25, -0.2) is 9.48 Å². The van der Waals surface area contributed by atoms with Gasteiger partial charge in [-0.15, -0.1) is 5.10 Å². The van der Waals surface area contributed by atoms with Crippen molar-refractivity contribution in [1.29, 1.82) is 0 Å². The molecule has 0 aromatic carbocycles. The molecule has 0 fully saturated rings. The van der Waals surface area contributed by atoms with E-state index < -0.39 is 11.6 Å². The van der Waals surface area contributed by atoms with Crippen molar-refractivity contribution in [1.82, 2.24) is 15.0 Å². The fourth-order valence-corrected chi connectivity index (χ4v) is 1.15. The largest absolute Gasteiger partial charge is 0.476 e. The van der Waals surface area contributed by atoms with Gasteiger partial charge in [-0.2, -0.15) is 0 Å². The molecule has 0 aliphatic heterocycles. The summed E-state index contributed by atoms with van der Waals surface area (Å²) in [6, 6.07) is 0. The van der Waals surface area contributed by atoms with Crippen LogP contribution in [0.25, 0.3) is 0 Å². The van der Waals surface area contributed by atoms with Gasteiger partial charge < -0.3 is 10.2 Å². The highest BCUT2D eigenvalue weighted by Crippen LogP contribution is 2.11. The molecule has 0 aliphatic carbocycles. The van der Waals surface area contributed by atoms with Crippen LogP contribution >= 0.6 is 0 Å². The van der Waals surface area contributed by atoms with E-state index in [2.05, 4.69) is 10.3 Å². The number of carbonyl (C=O) groups is 1. The van der Waals surface area contributed by atoms with E-state index in [4.69, 9.17) is 5.11 Å². The van der Waals surface area contributed by atoms with Crippen molar-refractivity contribution in [3.05, 3.63) is 11.4 Å². The molecule has 84 valence electrons. The Morgan fingerprint density at radius 1 is 1.53 bits per heavy atom. The summed E-state index contributed by atoms with van der Waals surface area (Å²) in [4.78, 5) is 10.7. The number of aromatic carboxylic acids is 1. The van der Waals surface area contributed by atoms with E-state index in [0.29, 0.717) is 18.7 Å². The number of aliphatic hydroxyl groups is 1. The minimum absolute atomic E-state index is 0.0363. The third-order valence-corrected chi connectivity index (χ3v) is 2.12. The minimum Gasteiger partial charge on any atom is -0.476 e. The van der Waals surface area contributed by atoms with Crippen LogP contribution in [-0.4, -0.2) is 36.8 Å². The van der Waals surface area contributed by atoms with E-state index in [1.807, 2.05) is 0 Å². The van der Waals surface area contributed by atoms with Crippen molar-refractivity contribution in [3.63, 3.8) is 0 Å². The van der Waals surface area contributed by atoms with E-state index in [1.54, 1.807) is 20.8 Å². The van der Waals surface area contributed by atoms with E-state index in [1.165, 1.54) is 4.68 Å². The Morgan fingerprint density at radius 3 is 2.53 bits per heavy atom. The minimum atomic E-state index is -1.08. The maximum Gasteiger partial charge on any atom is 0.358 e. The maximum absolute atomic E-state index is 10.7. The SMILES string of the molecule is Cc1c(C(=O)O)nnn1CCC(C)(C)O. The molecule has 1 heterocycles. The fraction of sp³-hybridized carbons (Fsp3) is 0.667. The topological polar surface area (TPSA) is 88.2 Å². The summed E-state index contributed by atoms with van der Waals surface area (Å²) in [5.41, 5.74) is -0.320. The summed E-state index contributed by atoms with van der Waals surface area (Å²) in [7, 11) is 0. The quantitative estimate of drug-likeness (QED) is 0.757. The van der Waals surface area contributed by atoms with Crippen molar-refractivity contribution >= 4 is 5.97 Å². The number of carboxylic acids is 1. The second kappa shape index (κ2) is 3.98. The Bertz CT molecular complexity index is 365. The molecule has 1 aromatic rings. The molecule has 2 N–H and O–H groups in total. The Morgan fingerprint density at radius 2 is 2.13 bits per heavy atom. The van der Waals surface area contributed by atoms with Crippen molar-refractivity contribution in [2.24, 2.45) is 0 Å². The smallest absolute Gasteiger partial charge is 0.358 e. The molecule has 6 heteroatoms. The predicted octanol–water partition coefficient (Wildman–Crippen LogP) is 0.446. The maximum atomic E-state index is 10.7. The van der Waals surface area contributed by atoms with Gasteiger partial charge >= 0.3 is 5.97 Å². The predicted molar refractivity (Wildman–Crippen MR) is 52.6 cm³/mol. The van der Waals surface area contributed by atoms with Crippen molar-refractivity contribution in [3.8, 4) is 0 Å². The molecular weight excluding hydrogens is 198 g/mol. The van der Waals surface area contributed by atoms with Crippen LogP contribution in [0.15, 0.2) is 0 Å². The summed E-state index contributed by atoms with van der Waals surface area (Å²) in [6.07, 6.45) is 0.496. The fourth-order valence-electron chi connectivity index (χ4n) is 1.15. The molecule has 6 nitrogen and oxygen atoms in total. The molecule has 0 unspecified atom stereocenters. The van der Waals surface area contributed by atoms with E-state index in [-0.39, 0.29) is 5.69 Å². The first kappa shape index (κ1) is 11.6. The molecule has 0 spiro atoms. The van der Waals surface area contributed by atoms with Crippen molar-refractivity contribution < 1.29 is 15.0 Å². The number of hydrogen-bond donors (Lipinski definition) is 2. The summed E-state index contributed by atoms with van der Waals surface area (Å²) in [5.74, 6) is -1.08. The van der Waals surface area contributed by atoms with Gasteiger partial charge in [0.25, 0.3) is 0 Å². The molecule has 0 atom stereocenters. The van der Waals surface area contributed by atoms with Crippen LogP contribution in [0.4, 0.5) is 0 Å². The standard InChI is InChI=1S/C9H15N3O3/c1-6-7(8(13)14)10-11-12(6)5-4-9(2,3)15/h15H,4-5H2,1-3H3,(H,13,14). The first-order chi connectivity index (χ1) is 6.81. The van der Waals surface area contributed by atoms with E-state index >= 15 is 0 Å². The molecule has 0 radical (unpaired) electrons. The average Bonchev–Trinajstić information content (AvgIpc) is 2.42. The Labute approximate surface area is 87.5 Å². The molecule has 0 saturated heterocycles. The zero-order valence-corrected chi connectivity index (χ0v) is 9.06. The number of aryl methyl sites for hydroxylation is 1. The first-order valence-corrected chi connectivity index (χ1v) is 4.67. The lowest BCUT2D eigenvalue weighted by molar-refractivity contribution is 0.0647. The third kappa shape index (κ3) is 3.02. The van der Waals surface area contributed by atoms with Gasteiger partial charge in [-0.05, 0) is 27.2 Å². The lowest BCUT2D eigenvalue weighted by Gasteiger charge is -2.16. The van der Waals surface area contributed by atoms with E-state index in [9.17, 15) is 9.90 Å². The van der Waals surface area contributed by atoms with E-state index in [0.717, 1.165) is 0 Å². The number of nitrogens with zero attached hydrogens (tertiary/aromatic N) is 3. The number of carboxylic acid groups (broad SMARTS) is 1. The van der Waals surface area contributed by atoms with Crippen LogP contribution in [0.3, 0.4) is 0 Å². The van der Waals surface area contributed by atoms with Crippen LogP contribution < -0.4 is 0 Å². The summed E-state index contributed by atoms with van der Waals surface area (Å²) in [5, 5.41) is 25.5. The van der Waals surface area contributed by atoms with Gasteiger partial charge in [-0.3, -0.25) is 0 Å². The summed E-state index contributed by atoms with van der Waals surface area (Å²) in [6.45, 7) is 5.48. The molecule has 0 bridgehead atoms. The van der Waals surface area contributed by atoms with Gasteiger partial charge in [0.2, 0.25) is 0 Å². The second-order valence-electron chi connectivity index (χ2n) is 4.11. The molecule has 1 aromatic heterocycles. The lowest BCUT2D eigenvalue weighted by Crippen LogP contribution is -2.21. The van der Waals surface area contributed by atoms with Crippen molar-refractivity contribution in [2.75, 3.05) is 0 Å². The summed E-state index contributed by atoms with van der Waals surface area (Å²) < 4.78 is 1.49. The highest BCUT2D eigenvalue weighted by atomic mass is 16.4. The Balaban J connectivity index is 2.75. The Kier molecular flexibility index (Phi) is 3.09. The van der Waals surface area contributed by atoms with Crippen LogP contribution in [0.1, 0.15) is 36.5 Å². The Hall–Kier alpha value is -1.43. The number of aromatic nitrogens is 3. The monoisotopic (exact) mass is 213 g/mol. The molecule has 1 rings (SSSR count). The summed E-state index contributed by atoms with van der Waals surface area (Å²) >= 11 is 0. The normalized spacial score (nSPS) is 11.7. The van der Waals surface area contributed by atoms with Gasteiger partial charge in [-0.1, -0.05) is 5.21 Å². The highest BCUT2D eigenvalue weighted by molar-refractivity contribution is 5.86. The van der Waals surface area contributed by atoms with Gasteiger partial charge in [0.1, 0.15) is 0 Å². The van der Waals surface area contributed by atoms with Gasteiger partial charge in [0.05, 0.1) is 11.3 Å². The zero-order valence-electron chi connectivity index (χ0n) is 9.06. The van der Waals surface area contributed by atoms with Crippen molar-refractivity contribution in [2.45, 2.75) is 39.3 Å². The van der Waals surface area contributed by atoms with Gasteiger partial charge in [0, 0.05) is 6.54 Å². The molecule has 0 saturated carbocycles. The lowest BCUT2D eigenvalue weighted by atomic mass is 10.1. The molecular formula is C9H15N3O3. The zero-order chi connectivity index (χ0) is 11.6. The van der Waals surface area contributed by atoms with Crippen LogP contribution in [0.5, 0.6) is 0 Å². The van der Waals surface area contributed by atoms with Crippen LogP contribution in [-0.2, 0) is 6.54 Å². The molecule has 0 amide bonds. The van der Waals surface area contributed by atoms with Gasteiger partial charge in [0.15, 0.2) is 5.69 Å². The highest BCUT2D eigenvalue weighted by Gasteiger charge is 2.17. The first-order valence-electron chi connectivity index (χ1n) is 4.67. The molecule has 0 aliphatic rings.